The molecule has 15 heavy (non-hydrogen) atoms. The van der Waals surface area contributed by atoms with Crippen molar-refractivity contribution in [3.05, 3.63) is 20.8 Å². The highest BCUT2D eigenvalue weighted by molar-refractivity contribution is 7.18. The van der Waals surface area contributed by atoms with Crippen LogP contribution < -0.4 is 0 Å². The third kappa shape index (κ3) is 1.98. The first kappa shape index (κ1) is 11.2. The van der Waals surface area contributed by atoms with Crippen LogP contribution in [0.5, 0.6) is 0 Å². The molecule has 1 nitrogen and oxygen atoms in total. The van der Waals surface area contributed by atoms with Crippen LogP contribution in [-0.4, -0.2) is 5.78 Å². The van der Waals surface area contributed by atoms with E-state index in [-0.39, 0.29) is 5.41 Å². The van der Waals surface area contributed by atoms with Gasteiger partial charge in [-0.3, -0.25) is 4.79 Å². The van der Waals surface area contributed by atoms with E-state index in [1.54, 1.807) is 0 Å². The summed E-state index contributed by atoms with van der Waals surface area (Å²) in [6.45, 7) is 4.04. The van der Waals surface area contributed by atoms with Gasteiger partial charge in [0, 0.05) is 5.41 Å². The van der Waals surface area contributed by atoms with Crippen LogP contribution in [0.15, 0.2) is 6.07 Å². The first-order valence-electron chi connectivity index (χ1n) is 5.34. The van der Waals surface area contributed by atoms with Gasteiger partial charge in [-0.25, -0.2) is 0 Å². The van der Waals surface area contributed by atoms with Crippen molar-refractivity contribution in [2.24, 2.45) is 5.41 Å². The molecule has 0 aromatic carbocycles. The molecule has 0 N–H and O–H groups in total. The largest absolute Gasteiger partial charge is 0.293 e. The number of hydrogen-bond acceptors (Lipinski definition) is 2. The molecule has 0 spiro atoms. The van der Waals surface area contributed by atoms with E-state index in [9.17, 15) is 4.79 Å². The van der Waals surface area contributed by atoms with Gasteiger partial charge in [-0.1, -0.05) is 31.4 Å². The molecular weight excluding hydrogens is 228 g/mol. The molecule has 1 aromatic rings. The van der Waals surface area contributed by atoms with Crippen molar-refractivity contribution in [2.75, 3.05) is 0 Å². The van der Waals surface area contributed by atoms with E-state index in [0.717, 1.165) is 27.6 Å². The molecule has 1 heterocycles. The average Bonchev–Trinajstić information content (AvgIpc) is 2.75. The van der Waals surface area contributed by atoms with Gasteiger partial charge in [-0.05, 0) is 31.4 Å². The minimum Gasteiger partial charge on any atom is -0.293 e. The molecular formula is C12H15ClOS. The van der Waals surface area contributed by atoms with Crippen molar-refractivity contribution in [3.8, 4) is 0 Å². The Bertz CT molecular complexity index is 369. The molecule has 1 aliphatic rings. The van der Waals surface area contributed by atoms with Crippen molar-refractivity contribution in [1.82, 2.24) is 0 Å². The number of ketones is 1. The first-order valence-corrected chi connectivity index (χ1v) is 6.53. The SMILES string of the molecule is Cc1cc(C(=O)C2(C)CCCC2)sc1Cl. The molecule has 0 radical (unpaired) electrons. The maximum Gasteiger partial charge on any atom is 0.178 e. The molecule has 0 bridgehead atoms. The third-order valence-electron chi connectivity index (χ3n) is 3.34. The van der Waals surface area contributed by atoms with Crippen LogP contribution in [0.2, 0.25) is 4.34 Å². The molecule has 0 unspecified atom stereocenters. The fourth-order valence-corrected chi connectivity index (χ4v) is 3.54. The number of rotatable bonds is 2. The van der Waals surface area contributed by atoms with Gasteiger partial charge < -0.3 is 0 Å². The van der Waals surface area contributed by atoms with Crippen LogP contribution in [0.4, 0.5) is 0 Å². The highest BCUT2D eigenvalue weighted by atomic mass is 35.5. The standard InChI is InChI=1S/C12H15ClOS/c1-8-7-9(15-11(8)13)10(14)12(2)5-3-4-6-12/h7H,3-6H2,1-2H3. The molecule has 0 atom stereocenters. The van der Waals surface area contributed by atoms with E-state index >= 15 is 0 Å². The van der Waals surface area contributed by atoms with Crippen molar-refractivity contribution < 1.29 is 4.79 Å². The van der Waals surface area contributed by atoms with Gasteiger partial charge in [0.05, 0.1) is 9.21 Å². The van der Waals surface area contributed by atoms with Crippen LogP contribution in [0.25, 0.3) is 0 Å². The summed E-state index contributed by atoms with van der Waals surface area (Å²) < 4.78 is 0.750. The number of carbonyl (C=O) groups is 1. The monoisotopic (exact) mass is 242 g/mol. The van der Waals surface area contributed by atoms with E-state index in [4.69, 9.17) is 11.6 Å². The van der Waals surface area contributed by atoms with E-state index in [0.29, 0.717) is 5.78 Å². The second-order valence-electron chi connectivity index (χ2n) is 4.66. The van der Waals surface area contributed by atoms with E-state index in [1.165, 1.54) is 24.2 Å². The normalized spacial score (nSPS) is 19.4. The quantitative estimate of drug-likeness (QED) is 0.700. The lowest BCUT2D eigenvalue weighted by molar-refractivity contribution is 0.0828. The summed E-state index contributed by atoms with van der Waals surface area (Å²) in [5, 5.41) is 0. The second-order valence-corrected chi connectivity index (χ2v) is 6.32. The van der Waals surface area contributed by atoms with Gasteiger partial charge in [0.1, 0.15) is 0 Å². The fourth-order valence-electron chi connectivity index (χ4n) is 2.25. The fraction of sp³-hybridized carbons (Fsp3) is 0.583. The topological polar surface area (TPSA) is 17.1 Å². The summed E-state index contributed by atoms with van der Waals surface area (Å²) >= 11 is 7.42. The van der Waals surface area contributed by atoms with Crippen LogP contribution in [-0.2, 0) is 0 Å². The maximum atomic E-state index is 12.3. The lowest BCUT2D eigenvalue weighted by Gasteiger charge is -2.20. The molecule has 1 aliphatic carbocycles. The van der Waals surface area contributed by atoms with Crippen molar-refractivity contribution in [3.63, 3.8) is 0 Å². The molecule has 1 aromatic heterocycles. The molecule has 0 saturated heterocycles. The van der Waals surface area contributed by atoms with Crippen LogP contribution >= 0.6 is 22.9 Å². The zero-order chi connectivity index (χ0) is 11.1. The lowest BCUT2D eigenvalue weighted by atomic mass is 9.83. The Balaban J connectivity index is 2.27. The van der Waals surface area contributed by atoms with E-state index in [2.05, 4.69) is 6.92 Å². The van der Waals surface area contributed by atoms with Gasteiger partial charge in [0.25, 0.3) is 0 Å². The number of thiophene rings is 1. The first-order chi connectivity index (χ1) is 7.03. The second kappa shape index (κ2) is 3.91. The number of hydrogen-bond donors (Lipinski definition) is 0. The smallest absolute Gasteiger partial charge is 0.178 e. The Morgan fingerprint density at radius 1 is 1.47 bits per heavy atom. The third-order valence-corrected chi connectivity index (χ3v) is 4.89. The van der Waals surface area contributed by atoms with Gasteiger partial charge in [-0.2, -0.15) is 0 Å². The summed E-state index contributed by atoms with van der Waals surface area (Å²) in [4.78, 5) is 13.1. The van der Waals surface area contributed by atoms with Gasteiger partial charge in [-0.15, -0.1) is 11.3 Å². The minimum atomic E-state index is -0.124. The molecule has 82 valence electrons. The highest BCUT2D eigenvalue weighted by Crippen LogP contribution is 2.42. The maximum absolute atomic E-state index is 12.3. The predicted molar refractivity (Wildman–Crippen MR) is 65.0 cm³/mol. The van der Waals surface area contributed by atoms with Crippen LogP contribution in [0.3, 0.4) is 0 Å². The highest BCUT2D eigenvalue weighted by Gasteiger charge is 2.37. The Labute approximate surface area is 99.5 Å². The van der Waals surface area contributed by atoms with E-state index in [1.807, 2.05) is 13.0 Å². The van der Waals surface area contributed by atoms with E-state index < -0.39 is 0 Å². The zero-order valence-electron chi connectivity index (χ0n) is 9.10. The molecule has 3 heteroatoms. The Kier molecular flexibility index (Phi) is 2.91. The summed E-state index contributed by atoms with van der Waals surface area (Å²) in [5.74, 6) is 0.292. The summed E-state index contributed by atoms with van der Waals surface area (Å²) in [6, 6.07) is 1.93. The minimum absolute atomic E-state index is 0.124. The molecule has 1 fully saturated rings. The van der Waals surface area contributed by atoms with Crippen molar-refractivity contribution in [1.29, 1.82) is 0 Å². The number of halogens is 1. The summed E-state index contributed by atoms with van der Waals surface area (Å²) in [6.07, 6.45) is 4.42. The Morgan fingerprint density at radius 2 is 2.07 bits per heavy atom. The van der Waals surface area contributed by atoms with Crippen LogP contribution in [0.1, 0.15) is 47.8 Å². The molecule has 0 aliphatic heterocycles. The predicted octanol–water partition coefficient (Wildman–Crippen LogP) is 4.47. The van der Waals surface area contributed by atoms with Crippen molar-refractivity contribution in [2.45, 2.75) is 39.5 Å². The van der Waals surface area contributed by atoms with Gasteiger partial charge in [0.2, 0.25) is 0 Å². The average molecular weight is 243 g/mol. The number of carbonyl (C=O) groups excluding carboxylic acids is 1. The Hall–Kier alpha value is -0.340. The summed E-state index contributed by atoms with van der Waals surface area (Å²) in [5.41, 5.74) is 0.896. The Morgan fingerprint density at radius 3 is 2.53 bits per heavy atom. The number of aryl methyl sites for hydroxylation is 1. The lowest BCUT2D eigenvalue weighted by Crippen LogP contribution is -2.23. The molecule has 2 rings (SSSR count). The van der Waals surface area contributed by atoms with Gasteiger partial charge in [0.15, 0.2) is 5.78 Å². The summed E-state index contributed by atoms with van der Waals surface area (Å²) in [7, 11) is 0. The van der Waals surface area contributed by atoms with Gasteiger partial charge >= 0.3 is 0 Å². The number of Topliss-reactive ketones (excluding diaryl/α,β-unsaturated/α-hetero) is 1. The molecule has 0 amide bonds. The van der Waals surface area contributed by atoms with Crippen molar-refractivity contribution >= 4 is 28.7 Å². The molecule has 1 saturated carbocycles. The zero-order valence-corrected chi connectivity index (χ0v) is 10.7. The van der Waals surface area contributed by atoms with Crippen LogP contribution in [0, 0.1) is 12.3 Å².